The lowest BCUT2D eigenvalue weighted by Gasteiger charge is -2.15. The second kappa shape index (κ2) is 10.1. The number of carboxylic acid groups (broad SMARTS) is 1. The molecule has 0 saturated heterocycles. The molecule has 0 unspecified atom stereocenters. The second-order valence-corrected chi connectivity index (χ2v) is 8.67. The third-order valence-electron chi connectivity index (χ3n) is 5.35. The number of aliphatic carboxylic acids is 1. The molecule has 180 valence electrons. The number of nitrogens with one attached hydrogen (secondary N) is 2. The van der Waals surface area contributed by atoms with Gasteiger partial charge in [-0.2, -0.15) is 0 Å². The van der Waals surface area contributed by atoms with Gasteiger partial charge in [0.25, 0.3) is 5.91 Å². The van der Waals surface area contributed by atoms with Gasteiger partial charge >= 0.3 is 5.97 Å². The van der Waals surface area contributed by atoms with Crippen molar-refractivity contribution in [1.82, 2.24) is 10.3 Å². The lowest BCUT2D eigenvalue weighted by molar-refractivity contribution is -0.139. The van der Waals surface area contributed by atoms with Crippen LogP contribution in [-0.4, -0.2) is 35.1 Å². The molecule has 4 aromatic rings. The molecule has 3 aromatic carbocycles. The first-order valence-corrected chi connectivity index (χ1v) is 11.5. The third-order valence-corrected chi connectivity index (χ3v) is 6.29. The Bertz CT molecular complexity index is 1420. The average molecular weight is 498 g/mol. The van der Waals surface area contributed by atoms with E-state index >= 15 is 0 Å². The predicted molar refractivity (Wildman–Crippen MR) is 130 cm³/mol. The van der Waals surface area contributed by atoms with Gasteiger partial charge in [-0.3, -0.25) is 4.79 Å². The second-order valence-electron chi connectivity index (χ2n) is 7.64. The van der Waals surface area contributed by atoms with Crippen molar-refractivity contribution in [2.24, 2.45) is 0 Å². The Kier molecular flexibility index (Phi) is 6.92. The maximum absolute atomic E-state index is 14.9. The molecule has 1 atom stereocenters. The van der Waals surface area contributed by atoms with Crippen LogP contribution in [0.15, 0.2) is 54.6 Å². The number of carbonyl (C=O) groups excluding carboxylic acids is 1. The molecule has 4 rings (SSSR count). The van der Waals surface area contributed by atoms with Crippen LogP contribution in [0.1, 0.15) is 23.7 Å². The van der Waals surface area contributed by atoms with Crippen LogP contribution in [0.2, 0.25) is 0 Å². The van der Waals surface area contributed by atoms with Gasteiger partial charge in [0.05, 0.1) is 28.6 Å². The number of carbonyl (C=O) groups is 2. The number of ether oxygens (including phenoxy) is 1. The van der Waals surface area contributed by atoms with Crippen LogP contribution < -0.4 is 15.4 Å². The van der Waals surface area contributed by atoms with Gasteiger partial charge in [-0.05, 0) is 60.0 Å². The number of fused-ring (bicyclic) bond motifs is 1. The molecule has 0 aliphatic heterocycles. The number of hydrogen-bond acceptors (Lipinski definition) is 6. The smallest absolute Gasteiger partial charge is 0.326 e. The first-order chi connectivity index (χ1) is 16.8. The zero-order valence-corrected chi connectivity index (χ0v) is 19.6. The molecule has 3 N–H and O–H groups in total. The van der Waals surface area contributed by atoms with Crippen molar-refractivity contribution in [3.05, 3.63) is 71.8 Å². The van der Waals surface area contributed by atoms with E-state index in [1.54, 1.807) is 37.3 Å². The molecule has 0 saturated carbocycles. The number of nitrogens with zero attached hydrogens (tertiary/aromatic N) is 1. The Morgan fingerprint density at radius 3 is 2.51 bits per heavy atom. The van der Waals surface area contributed by atoms with E-state index in [1.165, 1.54) is 42.7 Å². The number of carboxylic acids is 1. The first-order valence-electron chi connectivity index (χ1n) is 10.6. The fourth-order valence-electron chi connectivity index (χ4n) is 3.50. The molecule has 0 spiro atoms. The van der Waals surface area contributed by atoms with E-state index in [9.17, 15) is 23.5 Å². The molecule has 1 heterocycles. The number of aromatic nitrogens is 1. The lowest BCUT2D eigenvalue weighted by atomic mass is 10.0. The Balaban J connectivity index is 1.56. The van der Waals surface area contributed by atoms with Gasteiger partial charge in [-0.25, -0.2) is 18.6 Å². The van der Waals surface area contributed by atoms with Crippen LogP contribution in [0, 0.1) is 11.6 Å². The minimum atomic E-state index is -1.13. The van der Waals surface area contributed by atoms with Gasteiger partial charge in [0.15, 0.2) is 5.13 Å². The molecule has 1 aromatic heterocycles. The molecule has 10 heteroatoms. The third kappa shape index (κ3) is 5.22. The summed E-state index contributed by atoms with van der Waals surface area (Å²) in [6, 6.07) is 12.5. The van der Waals surface area contributed by atoms with Crippen LogP contribution in [0.3, 0.4) is 0 Å². The molecule has 0 bridgehead atoms. The van der Waals surface area contributed by atoms with E-state index in [4.69, 9.17) is 4.74 Å². The lowest BCUT2D eigenvalue weighted by Crippen LogP contribution is -2.40. The highest BCUT2D eigenvalue weighted by molar-refractivity contribution is 7.22. The maximum atomic E-state index is 14.9. The van der Waals surface area contributed by atoms with Crippen molar-refractivity contribution in [1.29, 1.82) is 0 Å². The fourth-order valence-corrected chi connectivity index (χ4v) is 4.40. The number of rotatable bonds is 8. The van der Waals surface area contributed by atoms with Crippen LogP contribution >= 0.6 is 11.3 Å². The zero-order chi connectivity index (χ0) is 25.1. The Morgan fingerprint density at radius 1 is 1.09 bits per heavy atom. The number of benzene rings is 3. The summed E-state index contributed by atoms with van der Waals surface area (Å²) in [5, 5.41) is 15.0. The normalized spacial score (nSPS) is 11.8. The van der Waals surface area contributed by atoms with E-state index in [-0.39, 0.29) is 29.2 Å². The highest BCUT2D eigenvalue weighted by Gasteiger charge is 2.21. The van der Waals surface area contributed by atoms with Gasteiger partial charge in [-0.1, -0.05) is 30.4 Å². The van der Waals surface area contributed by atoms with Crippen molar-refractivity contribution in [3.8, 4) is 16.9 Å². The summed E-state index contributed by atoms with van der Waals surface area (Å²) in [5.74, 6) is -2.37. The summed E-state index contributed by atoms with van der Waals surface area (Å²) < 4.78 is 34.3. The summed E-state index contributed by atoms with van der Waals surface area (Å²) in [6.45, 7) is 1.66. The summed E-state index contributed by atoms with van der Waals surface area (Å²) >= 11 is 1.21. The Labute approximate surface area is 203 Å². The number of amides is 1. The number of thiazole rings is 1. The summed E-state index contributed by atoms with van der Waals surface area (Å²) in [4.78, 5) is 28.1. The molecule has 0 aliphatic rings. The molecular formula is C25H21F2N3O4S. The summed E-state index contributed by atoms with van der Waals surface area (Å²) in [7, 11) is 1.39. The molecule has 1 amide bonds. The van der Waals surface area contributed by atoms with Crippen molar-refractivity contribution in [3.63, 3.8) is 0 Å². The minimum absolute atomic E-state index is 0.169. The SMILES string of the molecule is CC[C@H](NC(=O)c1ccc(-c2ccc(Nc3nc4ccc(F)cc4s3)c(F)c2)cc1OC)C(=O)O. The number of methoxy groups -OCH3 is 1. The van der Waals surface area contributed by atoms with Crippen LogP contribution in [0.25, 0.3) is 21.3 Å². The van der Waals surface area contributed by atoms with Gasteiger partial charge in [0.2, 0.25) is 0 Å². The van der Waals surface area contributed by atoms with Gasteiger partial charge < -0.3 is 20.5 Å². The van der Waals surface area contributed by atoms with E-state index in [1.807, 2.05) is 0 Å². The van der Waals surface area contributed by atoms with Crippen LogP contribution in [0.4, 0.5) is 19.6 Å². The Hall–Kier alpha value is -4.05. The van der Waals surface area contributed by atoms with Gasteiger partial charge in [-0.15, -0.1) is 0 Å². The van der Waals surface area contributed by atoms with Gasteiger partial charge in [0, 0.05) is 0 Å². The zero-order valence-electron chi connectivity index (χ0n) is 18.8. The van der Waals surface area contributed by atoms with Gasteiger partial charge in [0.1, 0.15) is 23.4 Å². The fraction of sp³-hybridized carbons (Fsp3) is 0.160. The van der Waals surface area contributed by atoms with E-state index in [0.717, 1.165) is 0 Å². The quantitative estimate of drug-likeness (QED) is 0.294. The van der Waals surface area contributed by atoms with Crippen LogP contribution in [-0.2, 0) is 4.79 Å². The molecule has 7 nitrogen and oxygen atoms in total. The van der Waals surface area contributed by atoms with E-state index < -0.39 is 23.7 Å². The monoisotopic (exact) mass is 497 g/mol. The number of hydrogen-bond donors (Lipinski definition) is 3. The summed E-state index contributed by atoms with van der Waals surface area (Å²) in [5.41, 5.74) is 2.13. The minimum Gasteiger partial charge on any atom is -0.496 e. The molecule has 35 heavy (non-hydrogen) atoms. The van der Waals surface area contributed by atoms with Crippen molar-refractivity contribution >= 4 is 44.2 Å². The topological polar surface area (TPSA) is 101 Å². The van der Waals surface area contributed by atoms with Crippen molar-refractivity contribution < 1.29 is 28.2 Å². The van der Waals surface area contributed by atoms with Crippen LogP contribution in [0.5, 0.6) is 5.75 Å². The van der Waals surface area contributed by atoms with E-state index in [2.05, 4.69) is 15.6 Å². The van der Waals surface area contributed by atoms with Crippen molar-refractivity contribution in [2.75, 3.05) is 12.4 Å². The highest BCUT2D eigenvalue weighted by atomic mass is 32.1. The summed E-state index contributed by atoms with van der Waals surface area (Å²) in [6.07, 6.45) is 0.231. The average Bonchev–Trinajstić information content (AvgIpc) is 3.24. The van der Waals surface area contributed by atoms with Crippen molar-refractivity contribution in [2.45, 2.75) is 19.4 Å². The number of halogens is 2. The largest absolute Gasteiger partial charge is 0.496 e. The predicted octanol–water partition coefficient (Wildman–Crippen LogP) is 5.59. The molecular weight excluding hydrogens is 476 g/mol. The highest BCUT2D eigenvalue weighted by Crippen LogP contribution is 2.33. The number of anilines is 2. The maximum Gasteiger partial charge on any atom is 0.326 e. The van der Waals surface area contributed by atoms with E-state index in [0.29, 0.717) is 26.5 Å². The standard InChI is InChI=1S/C25H21F2N3O4S/c1-3-18(24(32)33)28-23(31)16-7-4-14(11-21(16)34-2)13-5-8-19(17(27)10-13)29-25-30-20-9-6-15(26)12-22(20)35-25/h4-12,18H,3H2,1-2H3,(H,28,31)(H,29,30)(H,32,33)/t18-/m0/s1. The first kappa shape index (κ1) is 24.1. The molecule has 0 radical (unpaired) electrons. The molecule has 0 fully saturated rings. The Morgan fingerprint density at radius 2 is 1.83 bits per heavy atom. The molecule has 0 aliphatic carbocycles.